The Labute approximate surface area is 81.7 Å². The first-order chi connectivity index (χ1) is 5.54. The van der Waals surface area contributed by atoms with Gasteiger partial charge < -0.3 is 0 Å². The van der Waals surface area contributed by atoms with E-state index in [1.165, 1.54) is 0 Å². The van der Waals surface area contributed by atoms with Gasteiger partial charge in [0.05, 0.1) is 4.90 Å². The minimum absolute atomic E-state index is 0.394. The summed E-state index contributed by atoms with van der Waals surface area (Å²) in [7, 11) is -2.50. The topological polar surface area (TPSA) is 34.1 Å². The van der Waals surface area contributed by atoms with E-state index in [0.29, 0.717) is 9.37 Å². The van der Waals surface area contributed by atoms with E-state index in [2.05, 4.69) is 15.9 Å². The lowest BCUT2D eigenvalue weighted by atomic mass is 10.1. The van der Waals surface area contributed by atoms with Gasteiger partial charge in [0.2, 0.25) is 0 Å². The van der Waals surface area contributed by atoms with Gasteiger partial charge in [0.25, 0.3) is 0 Å². The Morgan fingerprint density at radius 3 is 2.25 bits per heavy atom. The van der Waals surface area contributed by atoms with Gasteiger partial charge in [-0.05, 0) is 47.0 Å². The Morgan fingerprint density at radius 1 is 1.25 bits per heavy atom. The van der Waals surface area contributed by atoms with Crippen LogP contribution in [0.5, 0.6) is 0 Å². The van der Waals surface area contributed by atoms with E-state index in [0.717, 1.165) is 11.1 Å². The number of hydrogen-bond acceptors (Lipinski definition) is 2. The van der Waals surface area contributed by atoms with Crippen molar-refractivity contribution >= 4 is 26.6 Å². The third-order valence-electron chi connectivity index (χ3n) is 1.84. The van der Waals surface area contributed by atoms with Crippen molar-refractivity contribution in [1.29, 1.82) is 0 Å². The van der Waals surface area contributed by atoms with Crippen molar-refractivity contribution in [2.75, 3.05) is 0 Å². The summed E-state index contributed by atoms with van der Waals surface area (Å²) >= 11 is 3.20. The quantitative estimate of drug-likeness (QED) is 0.773. The minimum atomic E-state index is -2.50. The second kappa shape index (κ2) is 3.58. The molecule has 0 amide bonds. The summed E-state index contributed by atoms with van der Waals surface area (Å²) in [5, 5.41) is 0. The molecule has 0 bridgehead atoms. The van der Waals surface area contributed by atoms with Gasteiger partial charge in [0, 0.05) is 4.47 Å². The Balaban J connectivity index is 3.54. The maximum atomic E-state index is 10.8. The first-order valence-corrected chi connectivity index (χ1v) is 5.41. The van der Waals surface area contributed by atoms with Gasteiger partial charge in [-0.15, -0.1) is 0 Å². The molecule has 0 unspecified atom stereocenters. The lowest BCUT2D eigenvalue weighted by Crippen LogP contribution is -1.91. The Morgan fingerprint density at radius 2 is 1.83 bits per heavy atom. The van der Waals surface area contributed by atoms with E-state index >= 15 is 0 Å². The van der Waals surface area contributed by atoms with Gasteiger partial charge in [-0.1, -0.05) is 6.07 Å². The number of benzene rings is 1. The standard InChI is InChI=1S/C8H9BrO2S/c1-5-3-4-7(9)8(6(5)2)12(10)11/h3-4,12H,1-2H3. The highest BCUT2D eigenvalue weighted by molar-refractivity contribution is 9.10. The molecule has 0 atom stereocenters. The molecule has 0 radical (unpaired) electrons. The summed E-state index contributed by atoms with van der Waals surface area (Å²) < 4.78 is 22.2. The molecule has 1 aromatic carbocycles. The fourth-order valence-corrected chi connectivity index (χ4v) is 2.56. The van der Waals surface area contributed by atoms with Gasteiger partial charge >= 0.3 is 0 Å². The van der Waals surface area contributed by atoms with Crippen molar-refractivity contribution in [3.05, 3.63) is 27.7 Å². The average Bonchev–Trinajstić information content (AvgIpc) is 1.97. The van der Waals surface area contributed by atoms with E-state index in [4.69, 9.17) is 0 Å². The number of hydrogen-bond donors (Lipinski definition) is 1. The number of aryl methyl sites for hydroxylation is 1. The van der Waals surface area contributed by atoms with Crippen LogP contribution in [0.15, 0.2) is 21.5 Å². The highest BCUT2D eigenvalue weighted by atomic mass is 79.9. The fourth-order valence-electron chi connectivity index (χ4n) is 0.992. The first kappa shape index (κ1) is 9.74. The molecule has 0 aliphatic heterocycles. The van der Waals surface area contributed by atoms with Crippen LogP contribution in [-0.2, 0) is 10.7 Å². The zero-order valence-electron chi connectivity index (χ0n) is 6.80. The average molecular weight is 249 g/mol. The Kier molecular flexibility index (Phi) is 2.90. The molecule has 66 valence electrons. The Hall–Kier alpha value is -0.350. The summed E-state index contributed by atoms with van der Waals surface area (Å²) in [6, 6.07) is 3.64. The van der Waals surface area contributed by atoms with Gasteiger partial charge in [0.1, 0.15) is 0 Å². The highest BCUT2D eigenvalue weighted by Gasteiger charge is 2.07. The molecule has 0 saturated carbocycles. The van der Waals surface area contributed by atoms with Gasteiger partial charge in [-0.25, -0.2) is 8.42 Å². The SMILES string of the molecule is Cc1ccc(Br)c([SH](=O)=O)c1C. The molecule has 0 aromatic heterocycles. The normalized spacial score (nSPS) is 10.7. The lowest BCUT2D eigenvalue weighted by Gasteiger charge is -2.04. The molecule has 1 aromatic rings. The molecule has 0 heterocycles. The maximum Gasteiger partial charge on any atom is 0.169 e. The van der Waals surface area contributed by atoms with Crippen LogP contribution in [0.2, 0.25) is 0 Å². The van der Waals surface area contributed by atoms with Gasteiger partial charge in [0.15, 0.2) is 10.7 Å². The molecule has 0 aliphatic rings. The predicted octanol–water partition coefficient (Wildman–Crippen LogP) is 2.04. The van der Waals surface area contributed by atoms with E-state index in [-0.39, 0.29) is 0 Å². The molecule has 4 heteroatoms. The third kappa shape index (κ3) is 1.69. The Bertz CT molecular complexity index is 375. The van der Waals surface area contributed by atoms with Crippen LogP contribution >= 0.6 is 15.9 Å². The van der Waals surface area contributed by atoms with Crippen molar-refractivity contribution in [3.63, 3.8) is 0 Å². The second-order valence-corrected chi connectivity index (χ2v) is 4.41. The van der Waals surface area contributed by atoms with Crippen LogP contribution in [0, 0.1) is 13.8 Å². The third-order valence-corrected chi connectivity index (χ3v) is 3.74. The van der Waals surface area contributed by atoms with Crippen LogP contribution < -0.4 is 0 Å². The molecule has 1 rings (SSSR count). The monoisotopic (exact) mass is 248 g/mol. The van der Waals surface area contributed by atoms with Crippen molar-refractivity contribution in [2.45, 2.75) is 18.7 Å². The van der Waals surface area contributed by atoms with E-state index in [1.54, 1.807) is 13.0 Å². The predicted molar refractivity (Wildman–Crippen MR) is 52.2 cm³/mol. The van der Waals surface area contributed by atoms with Crippen molar-refractivity contribution in [3.8, 4) is 0 Å². The highest BCUT2D eigenvalue weighted by Crippen LogP contribution is 2.23. The van der Waals surface area contributed by atoms with Crippen LogP contribution in [0.4, 0.5) is 0 Å². The smallest absolute Gasteiger partial charge is 0.169 e. The molecule has 12 heavy (non-hydrogen) atoms. The zero-order chi connectivity index (χ0) is 9.30. The van der Waals surface area contributed by atoms with E-state index in [9.17, 15) is 8.42 Å². The zero-order valence-corrected chi connectivity index (χ0v) is 9.28. The molecule has 0 spiro atoms. The molecular weight excluding hydrogens is 240 g/mol. The lowest BCUT2D eigenvalue weighted by molar-refractivity contribution is 0.613. The number of thiol groups is 1. The minimum Gasteiger partial charge on any atom is -0.227 e. The van der Waals surface area contributed by atoms with Crippen LogP contribution in [0.3, 0.4) is 0 Å². The van der Waals surface area contributed by atoms with Gasteiger partial charge in [-0.2, -0.15) is 0 Å². The molecular formula is C8H9BrO2S. The molecule has 0 fully saturated rings. The number of rotatable bonds is 1. The van der Waals surface area contributed by atoms with E-state index in [1.807, 2.05) is 13.0 Å². The van der Waals surface area contributed by atoms with Crippen LogP contribution in [0.25, 0.3) is 0 Å². The first-order valence-electron chi connectivity index (χ1n) is 3.44. The van der Waals surface area contributed by atoms with E-state index < -0.39 is 10.7 Å². The van der Waals surface area contributed by atoms with Gasteiger partial charge in [-0.3, -0.25) is 0 Å². The van der Waals surface area contributed by atoms with Crippen LogP contribution in [0.1, 0.15) is 11.1 Å². The second-order valence-electron chi connectivity index (χ2n) is 2.60. The molecule has 0 saturated heterocycles. The summed E-state index contributed by atoms with van der Waals surface area (Å²) in [4.78, 5) is 0.394. The van der Waals surface area contributed by atoms with Crippen molar-refractivity contribution in [2.24, 2.45) is 0 Å². The molecule has 0 N–H and O–H groups in total. The molecule has 2 nitrogen and oxygen atoms in total. The molecule has 0 aliphatic carbocycles. The summed E-state index contributed by atoms with van der Waals surface area (Å²) in [6.07, 6.45) is 0. The summed E-state index contributed by atoms with van der Waals surface area (Å²) in [5.41, 5.74) is 1.81. The summed E-state index contributed by atoms with van der Waals surface area (Å²) in [6.45, 7) is 3.70. The van der Waals surface area contributed by atoms with Crippen molar-refractivity contribution < 1.29 is 8.42 Å². The maximum absolute atomic E-state index is 10.8. The largest absolute Gasteiger partial charge is 0.227 e. The van der Waals surface area contributed by atoms with Crippen molar-refractivity contribution in [1.82, 2.24) is 0 Å². The fraction of sp³-hybridized carbons (Fsp3) is 0.250. The summed E-state index contributed by atoms with van der Waals surface area (Å²) in [5.74, 6) is 0. The van der Waals surface area contributed by atoms with Crippen LogP contribution in [-0.4, -0.2) is 8.42 Å². The number of halogens is 1.